The van der Waals surface area contributed by atoms with E-state index in [4.69, 9.17) is 10.5 Å². The molecule has 0 saturated carbocycles. The van der Waals surface area contributed by atoms with Crippen LogP contribution in [0.15, 0.2) is 34.2 Å². The third-order valence-electron chi connectivity index (χ3n) is 2.61. The van der Waals surface area contributed by atoms with Gasteiger partial charge in [0.2, 0.25) is 0 Å². The van der Waals surface area contributed by atoms with Gasteiger partial charge in [0.05, 0.1) is 23.4 Å². The number of nitrogen functional groups attached to an aromatic ring is 1. The van der Waals surface area contributed by atoms with Crippen LogP contribution in [0.3, 0.4) is 0 Å². The van der Waals surface area contributed by atoms with E-state index < -0.39 is 5.97 Å². The Labute approximate surface area is 115 Å². The first-order valence-corrected chi connectivity index (χ1v) is 6.49. The molecule has 0 aliphatic heterocycles. The Morgan fingerprint density at radius 3 is 2.74 bits per heavy atom. The lowest BCUT2D eigenvalue weighted by atomic mass is 10.2. The Hall–Kier alpha value is -1.95. The molecule has 2 N–H and O–H groups in total. The summed E-state index contributed by atoms with van der Waals surface area (Å²) >= 11 is 1.52. The SMILES string of the molecule is COC(=O)c1cc(Sc2cc(C)nn2C)ccc1N. The van der Waals surface area contributed by atoms with Gasteiger partial charge in [-0.05, 0) is 31.2 Å². The molecule has 2 rings (SSSR count). The van der Waals surface area contributed by atoms with Crippen molar-refractivity contribution in [3.8, 4) is 0 Å². The first-order valence-electron chi connectivity index (χ1n) is 5.67. The molecule has 100 valence electrons. The van der Waals surface area contributed by atoms with Crippen LogP contribution in [0.25, 0.3) is 0 Å². The van der Waals surface area contributed by atoms with Crippen molar-refractivity contribution in [3.05, 3.63) is 35.5 Å². The average Bonchev–Trinajstić information content (AvgIpc) is 2.69. The van der Waals surface area contributed by atoms with E-state index in [-0.39, 0.29) is 0 Å². The second-order valence-corrected chi connectivity index (χ2v) is 5.18. The zero-order valence-corrected chi connectivity index (χ0v) is 11.8. The molecule has 0 fully saturated rings. The average molecular weight is 277 g/mol. The third kappa shape index (κ3) is 2.90. The fourth-order valence-corrected chi connectivity index (χ4v) is 2.65. The minimum absolute atomic E-state index is 0.381. The summed E-state index contributed by atoms with van der Waals surface area (Å²) in [4.78, 5) is 12.5. The van der Waals surface area contributed by atoms with Gasteiger partial charge in [0.15, 0.2) is 0 Å². The number of benzene rings is 1. The van der Waals surface area contributed by atoms with Crippen molar-refractivity contribution in [2.75, 3.05) is 12.8 Å². The van der Waals surface area contributed by atoms with Crippen LogP contribution in [0.2, 0.25) is 0 Å². The molecule has 1 aromatic heterocycles. The van der Waals surface area contributed by atoms with Crippen molar-refractivity contribution >= 4 is 23.4 Å². The molecule has 0 atom stereocenters. The number of rotatable bonds is 3. The van der Waals surface area contributed by atoms with Crippen molar-refractivity contribution < 1.29 is 9.53 Å². The first-order chi connectivity index (χ1) is 9.01. The van der Waals surface area contributed by atoms with Gasteiger partial charge in [-0.25, -0.2) is 4.79 Å². The number of methoxy groups -OCH3 is 1. The minimum Gasteiger partial charge on any atom is -0.465 e. The van der Waals surface area contributed by atoms with Gasteiger partial charge in [-0.3, -0.25) is 4.68 Å². The summed E-state index contributed by atoms with van der Waals surface area (Å²) < 4.78 is 6.50. The maximum absolute atomic E-state index is 11.6. The highest BCUT2D eigenvalue weighted by Crippen LogP contribution is 2.30. The molecular weight excluding hydrogens is 262 g/mol. The monoisotopic (exact) mass is 277 g/mol. The predicted octanol–water partition coefficient (Wildman–Crippen LogP) is 2.25. The van der Waals surface area contributed by atoms with Crippen molar-refractivity contribution in [1.82, 2.24) is 9.78 Å². The standard InChI is InChI=1S/C13H15N3O2S/c1-8-6-12(16(2)15-8)19-9-4-5-11(14)10(7-9)13(17)18-3/h4-7H,14H2,1-3H3. The highest BCUT2D eigenvalue weighted by Gasteiger charge is 2.12. The van der Waals surface area contributed by atoms with Crippen molar-refractivity contribution in [1.29, 1.82) is 0 Å². The van der Waals surface area contributed by atoms with Crippen LogP contribution >= 0.6 is 11.8 Å². The molecule has 1 aromatic carbocycles. The van der Waals surface area contributed by atoms with Gasteiger partial charge in [-0.15, -0.1) is 0 Å². The number of anilines is 1. The Bertz CT molecular complexity index is 622. The molecule has 5 nitrogen and oxygen atoms in total. The van der Waals surface area contributed by atoms with E-state index >= 15 is 0 Å². The Kier molecular flexibility index (Phi) is 3.80. The summed E-state index contributed by atoms with van der Waals surface area (Å²) in [6.45, 7) is 1.94. The van der Waals surface area contributed by atoms with Gasteiger partial charge in [-0.1, -0.05) is 11.8 Å². The van der Waals surface area contributed by atoms with Crippen LogP contribution in [-0.2, 0) is 11.8 Å². The van der Waals surface area contributed by atoms with E-state index in [1.807, 2.05) is 26.1 Å². The number of nitrogens with two attached hydrogens (primary N) is 1. The lowest BCUT2D eigenvalue weighted by molar-refractivity contribution is 0.0601. The van der Waals surface area contributed by atoms with Crippen molar-refractivity contribution in [3.63, 3.8) is 0 Å². The van der Waals surface area contributed by atoms with Crippen LogP contribution in [-0.4, -0.2) is 22.9 Å². The van der Waals surface area contributed by atoms with Gasteiger partial charge in [0.25, 0.3) is 0 Å². The van der Waals surface area contributed by atoms with Gasteiger partial charge in [0, 0.05) is 17.6 Å². The van der Waals surface area contributed by atoms with Gasteiger partial charge < -0.3 is 10.5 Å². The lowest BCUT2D eigenvalue weighted by Crippen LogP contribution is -2.05. The van der Waals surface area contributed by atoms with Gasteiger partial charge in [0.1, 0.15) is 0 Å². The first kappa shape index (κ1) is 13.5. The minimum atomic E-state index is -0.430. The Balaban J connectivity index is 2.31. The van der Waals surface area contributed by atoms with Crippen LogP contribution in [0, 0.1) is 6.92 Å². The predicted molar refractivity (Wildman–Crippen MR) is 74.3 cm³/mol. The molecule has 0 radical (unpaired) electrons. The van der Waals surface area contributed by atoms with Crippen LogP contribution in [0.4, 0.5) is 5.69 Å². The summed E-state index contributed by atoms with van der Waals surface area (Å²) in [6.07, 6.45) is 0. The molecule has 0 amide bonds. The normalized spacial score (nSPS) is 10.5. The van der Waals surface area contributed by atoms with Crippen LogP contribution in [0.5, 0.6) is 0 Å². The largest absolute Gasteiger partial charge is 0.465 e. The van der Waals surface area contributed by atoms with E-state index in [2.05, 4.69) is 5.10 Å². The topological polar surface area (TPSA) is 70.1 Å². The van der Waals surface area contributed by atoms with E-state index in [9.17, 15) is 4.79 Å². The number of carbonyl (C=O) groups excluding carboxylic acids is 1. The van der Waals surface area contributed by atoms with Crippen LogP contribution < -0.4 is 5.73 Å². The number of aryl methyl sites for hydroxylation is 2. The maximum atomic E-state index is 11.6. The quantitative estimate of drug-likeness (QED) is 0.688. The number of carbonyl (C=O) groups is 1. The summed E-state index contributed by atoms with van der Waals surface area (Å²) in [5.41, 5.74) is 7.51. The Morgan fingerprint density at radius 1 is 1.42 bits per heavy atom. The zero-order chi connectivity index (χ0) is 14.0. The molecule has 0 aliphatic rings. The van der Waals surface area contributed by atoms with Crippen LogP contribution in [0.1, 0.15) is 16.1 Å². The summed E-state index contributed by atoms with van der Waals surface area (Å²) in [7, 11) is 3.22. The smallest absolute Gasteiger partial charge is 0.339 e. The second kappa shape index (κ2) is 5.36. The summed E-state index contributed by atoms with van der Waals surface area (Å²) in [5.74, 6) is -0.430. The number of esters is 1. The van der Waals surface area contributed by atoms with E-state index in [0.717, 1.165) is 15.6 Å². The summed E-state index contributed by atoms with van der Waals surface area (Å²) in [6, 6.07) is 7.29. The molecule has 0 saturated heterocycles. The molecular formula is C13H15N3O2S. The molecule has 6 heteroatoms. The van der Waals surface area contributed by atoms with Gasteiger partial charge in [-0.2, -0.15) is 5.10 Å². The maximum Gasteiger partial charge on any atom is 0.339 e. The Morgan fingerprint density at radius 2 is 2.16 bits per heavy atom. The molecule has 0 bridgehead atoms. The van der Waals surface area contributed by atoms with Gasteiger partial charge >= 0.3 is 5.97 Å². The van der Waals surface area contributed by atoms with Crippen molar-refractivity contribution in [2.45, 2.75) is 16.8 Å². The third-order valence-corrected chi connectivity index (χ3v) is 3.69. The molecule has 0 aliphatic carbocycles. The van der Waals surface area contributed by atoms with E-state index in [1.54, 1.807) is 16.8 Å². The molecule has 0 unspecified atom stereocenters. The molecule has 2 aromatic rings. The summed E-state index contributed by atoms with van der Waals surface area (Å²) in [5, 5.41) is 5.28. The fourth-order valence-electron chi connectivity index (χ4n) is 1.69. The van der Waals surface area contributed by atoms with E-state index in [1.165, 1.54) is 18.9 Å². The number of aromatic nitrogens is 2. The highest BCUT2D eigenvalue weighted by molar-refractivity contribution is 7.99. The van der Waals surface area contributed by atoms with E-state index in [0.29, 0.717) is 11.3 Å². The zero-order valence-electron chi connectivity index (χ0n) is 11.0. The number of hydrogen-bond donors (Lipinski definition) is 1. The van der Waals surface area contributed by atoms with Crippen molar-refractivity contribution in [2.24, 2.45) is 7.05 Å². The fraction of sp³-hybridized carbons (Fsp3) is 0.231. The molecule has 19 heavy (non-hydrogen) atoms. The second-order valence-electron chi connectivity index (χ2n) is 4.09. The lowest BCUT2D eigenvalue weighted by Gasteiger charge is -2.07. The highest BCUT2D eigenvalue weighted by atomic mass is 32.2. The number of ether oxygens (including phenoxy) is 1. The molecule has 0 spiro atoms. The number of nitrogens with zero attached hydrogens (tertiary/aromatic N) is 2. The molecule has 1 heterocycles. The number of hydrogen-bond acceptors (Lipinski definition) is 5.